The van der Waals surface area contributed by atoms with Crippen LogP contribution in [-0.4, -0.2) is 21.8 Å². The number of carbonyl (C=O) groups is 2. The van der Waals surface area contributed by atoms with Gasteiger partial charge in [-0.05, 0) is 31.5 Å². The molecule has 3 rings (SSSR count). The molecule has 0 aliphatic carbocycles. The molecule has 1 aliphatic heterocycles. The van der Waals surface area contributed by atoms with Crippen LogP contribution in [0.2, 0.25) is 0 Å². The summed E-state index contributed by atoms with van der Waals surface area (Å²) >= 11 is 0.956. The molecular formula is C14H13N3O5S. The van der Waals surface area contributed by atoms with Crippen molar-refractivity contribution in [1.82, 2.24) is 10.2 Å². The first kappa shape index (κ1) is 15.2. The van der Waals surface area contributed by atoms with Gasteiger partial charge in [-0.25, -0.2) is 4.79 Å². The predicted molar refractivity (Wildman–Crippen MR) is 80.9 cm³/mol. The molecule has 1 aliphatic rings. The van der Waals surface area contributed by atoms with Crippen molar-refractivity contribution < 1.29 is 18.9 Å². The Kier molecular flexibility index (Phi) is 3.44. The number of amides is 3. The maximum absolute atomic E-state index is 12.6. The maximum Gasteiger partial charge on any atom is 0.325 e. The van der Waals surface area contributed by atoms with Crippen LogP contribution in [0.1, 0.15) is 24.0 Å². The molecule has 23 heavy (non-hydrogen) atoms. The highest BCUT2D eigenvalue weighted by molar-refractivity contribution is 7.13. The quantitative estimate of drug-likeness (QED) is 0.525. The molecule has 9 heteroatoms. The second-order valence-electron chi connectivity index (χ2n) is 5.41. The highest BCUT2D eigenvalue weighted by Gasteiger charge is 2.51. The van der Waals surface area contributed by atoms with Crippen molar-refractivity contribution >= 4 is 28.3 Å². The summed E-state index contributed by atoms with van der Waals surface area (Å²) in [6.07, 6.45) is 0. The van der Waals surface area contributed by atoms with E-state index in [4.69, 9.17) is 4.42 Å². The van der Waals surface area contributed by atoms with Gasteiger partial charge in [0.2, 0.25) is 0 Å². The molecule has 120 valence electrons. The second-order valence-corrected chi connectivity index (χ2v) is 6.30. The molecule has 1 fully saturated rings. The van der Waals surface area contributed by atoms with Crippen LogP contribution in [0.5, 0.6) is 0 Å². The fraction of sp³-hybridized carbons (Fsp3) is 0.286. The number of urea groups is 1. The molecule has 1 saturated heterocycles. The zero-order valence-corrected chi connectivity index (χ0v) is 13.2. The van der Waals surface area contributed by atoms with E-state index in [1.54, 1.807) is 31.4 Å². The number of imide groups is 1. The fourth-order valence-corrected chi connectivity index (χ4v) is 3.15. The molecule has 3 amide bonds. The normalized spacial score (nSPS) is 20.9. The monoisotopic (exact) mass is 335 g/mol. The molecule has 2 aromatic heterocycles. The largest absolute Gasteiger partial charge is 0.463 e. The number of nitro groups is 1. The summed E-state index contributed by atoms with van der Waals surface area (Å²) in [6, 6.07) is 4.16. The third kappa shape index (κ3) is 2.48. The maximum atomic E-state index is 12.6. The van der Waals surface area contributed by atoms with E-state index < -0.39 is 22.4 Å². The third-order valence-corrected chi connectivity index (χ3v) is 4.60. The number of furan rings is 1. The van der Waals surface area contributed by atoms with E-state index in [0.717, 1.165) is 16.2 Å². The van der Waals surface area contributed by atoms with Gasteiger partial charge in [0.25, 0.3) is 5.91 Å². The van der Waals surface area contributed by atoms with Crippen molar-refractivity contribution in [1.29, 1.82) is 0 Å². The summed E-state index contributed by atoms with van der Waals surface area (Å²) in [4.78, 5) is 36.0. The van der Waals surface area contributed by atoms with Crippen LogP contribution in [-0.2, 0) is 16.9 Å². The molecule has 0 unspecified atom stereocenters. The summed E-state index contributed by atoms with van der Waals surface area (Å²) in [5.74, 6) is 0.535. The van der Waals surface area contributed by atoms with E-state index >= 15 is 0 Å². The van der Waals surface area contributed by atoms with Gasteiger partial charge in [0.1, 0.15) is 11.5 Å². The summed E-state index contributed by atoms with van der Waals surface area (Å²) in [7, 11) is 0. The van der Waals surface area contributed by atoms with E-state index in [2.05, 4.69) is 5.32 Å². The van der Waals surface area contributed by atoms with E-state index in [1.165, 1.54) is 6.07 Å². The molecule has 1 atom stereocenters. The standard InChI is InChI=1S/C14H13N3O5S/c1-8-3-4-10(22-8)14(2)12(18)16(13(19)15-14)6-9-5-11(17(20)21)23-7-9/h3-5,7H,6H2,1-2H3,(H,15,19)/t14-/m0/s1. The number of carbonyl (C=O) groups excluding carboxylic acids is 2. The smallest absolute Gasteiger partial charge is 0.325 e. The van der Waals surface area contributed by atoms with Crippen LogP contribution in [0, 0.1) is 17.0 Å². The van der Waals surface area contributed by atoms with Crippen molar-refractivity contribution in [3.63, 3.8) is 0 Å². The van der Waals surface area contributed by atoms with Crippen LogP contribution in [0.4, 0.5) is 9.80 Å². The molecule has 0 saturated carbocycles. The Morgan fingerprint density at radius 2 is 2.17 bits per heavy atom. The van der Waals surface area contributed by atoms with Gasteiger partial charge in [0.15, 0.2) is 5.54 Å². The van der Waals surface area contributed by atoms with Gasteiger partial charge in [-0.15, -0.1) is 0 Å². The Bertz CT molecular complexity index is 811. The van der Waals surface area contributed by atoms with Crippen molar-refractivity contribution in [2.75, 3.05) is 0 Å². The molecule has 0 spiro atoms. The number of nitrogens with zero attached hydrogens (tertiary/aromatic N) is 2. The molecule has 2 aromatic rings. The van der Waals surface area contributed by atoms with Gasteiger partial charge < -0.3 is 9.73 Å². The highest BCUT2D eigenvalue weighted by atomic mass is 32.1. The minimum Gasteiger partial charge on any atom is -0.463 e. The van der Waals surface area contributed by atoms with Gasteiger partial charge in [-0.2, -0.15) is 0 Å². The molecule has 0 bridgehead atoms. The Balaban J connectivity index is 1.85. The lowest BCUT2D eigenvalue weighted by atomic mass is 9.99. The van der Waals surface area contributed by atoms with Crippen LogP contribution in [0.3, 0.4) is 0 Å². The molecule has 0 aromatic carbocycles. The number of thiophene rings is 1. The molecule has 0 radical (unpaired) electrons. The lowest BCUT2D eigenvalue weighted by Gasteiger charge is -2.18. The van der Waals surface area contributed by atoms with Crippen molar-refractivity contribution in [3.8, 4) is 0 Å². The zero-order chi connectivity index (χ0) is 16.8. The van der Waals surface area contributed by atoms with Gasteiger partial charge in [0, 0.05) is 11.4 Å². The van der Waals surface area contributed by atoms with E-state index in [-0.39, 0.29) is 11.5 Å². The van der Waals surface area contributed by atoms with Gasteiger partial charge >= 0.3 is 11.0 Å². The average molecular weight is 335 g/mol. The van der Waals surface area contributed by atoms with E-state index in [0.29, 0.717) is 17.1 Å². The Labute approximate surface area is 134 Å². The van der Waals surface area contributed by atoms with Gasteiger partial charge in [-0.1, -0.05) is 11.3 Å². The van der Waals surface area contributed by atoms with Gasteiger partial charge in [-0.3, -0.25) is 19.8 Å². The second kappa shape index (κ2) is 5.20. The molecular weight excluding hydrogens is 322 g/mol. The Morgan fingerprint density at radius 3 is 2.74 bits per heavy atom. The number of nitrogens with one attached hydrogen (secondary N) is 1. The van der Waals surface area contributed by atoms with Crippen LogP contribution in [0.15, 0.2) is 28.0 Å². The number of rotatable bonds is 4. The molecule has 1 N–H and O–H groups in total. The first-order valence-electron chi connectivity index (χ1n) is 6.74. The van der Waals surface area contributed by atoms with Gasteiger partial charge in [0.05, 0.1) is 11.5 Å². The summed E-state index contributed by atoms with van der Waals surface area (Å²) < 4.78 is 5.47. The van der Waals surface area contributed by atoms with E-state index in [9.17, 15) is 19.7 Å². The highest BCUT2D eigenvalue weighted by Crippen LogP contribution is 2.32. The van der Waals surface area contributed by atoms with Crippen molar-refractivity contribution in [2.24, 2.45) is 0 Å². The molecule has 3 heterocycles. The fourth-order valence-electron chi connectivity index (χ4n) is 2.43. The first-order chi connectivity index (χ1) is 10.8. The minimum absolute atomic E-state index is 0.0235. The zero-order valence-electron chi connectivity index (χ0n) is 12.4. The first-order valence-corrected chi connectivity index (χ1v) is 7.62. The van der Waals surface area contributed by atoms with Crippen molar-refractivity contribution in [2.45, 2.75) is 25.9 Å². The minimum atomic E-state index is -1.27. The summed E-state index contributed by atoms with van der Waals surface area (Å²) in [5, 5.41) is 14.9. The number of aryl methyl sites for hydroxylation is 1. The number of hydrogen-bond acceptors (Lipinski definition) is 6. The van der Waals surface area contributed by atoms with E-state index in [1.807, 2.05) is 0 Å². The predicted octanol–water partition coefficient (Wildman–Crippen LogP) is 2.52. The third-order valence-electron chi connectivity index (χ3n) is 3.67. The lowest BCUT2D eigenvalue weighted by Crippen LogP contribution is -2.40. The van der Waals surface area contributed by atoms with Crippen LogP contribution >= 0.6 is 11.3 Å². The van der Waals surface area contributed by atoms with Crippen molar-refractivity contribution in [3.05, 3.63) is 50.8 Å². The summed E-state index contributed by atoms with van der Waals surface area (Å²) in [5.41, 5.74) is -0.738. The molecule has 8 nitrogen and oxygen atoms in total. The average Bonchev–Trinajstić information content (AvgIpc) is 3.16. The Hall–Kier alpha value is -2.68. The lowest BCUT2D eigenvalue weighted by molar-refractivity contribution is -0.380. The summed E-state index contributed by atoms with van der Waals surface area (Å²) in [6.45, 7) is 3.29. The Morgan fingerprint density at radius 1 is 1.43 bits per heavy atom. The topological polar surface area (TPSA) is 106 Å². The van der Waals surface area contributed by atoms with Crippen LogP contribution in [0.25, 0.3) is 0 Å². The van der Waals surface area contributed by atoms with Crippen LogP contribution < -0.4 is 5.32 Å². The SMILES string of the molecule is Cc1ccc([C@]2(C)NC(=O)N(Cc3csc([N+](=O)[O-])c3)C2=O)o1. The number of hydrogen-bond donors (Lipinski definition) is 1.